The van der Waals surface area contributed by atoms with Gasteiger partial charge in [0.25, 0.3) is 0 Å². The number of carbonyl (C=O) groups is 1. The number of carbonyl (C=O) groups excluding carboxylic acids is 1. The molecule has 0 fully saturated rings. The second-order valence-electron chi connectivity index (χ2n) is 3.09. The highest BCUT2D eigenvalue weighted by Gasteiger charge is 2.02. The molecule has 1 aromatic rings. The number of esters is 1. The topological polar surface area (TPSA) is 35.5 Å². The Morgan fingerprint density at radius 2 is 1.87 bits per heavy atom. The Kier molecular flexibility index (Phi) is 4.68. The van der Waals surface area contributed by atoms with Crippen LogP contribution in [0.3, 0.4) is 0 Å². The molecule has 1 aromatic carbocycles. The van der Waals surface area contributed by atoms with Crippen LogP contribution in [0.2, 0.25) is 0 Å². The van der Waals surface area contributed by atoms with Gasteiger partial charge in [-0.15, -0.1) is 0 Å². The molecule has 0 aliphatic heterocycles. The van der Waals surface area contributed by atoms with Crippen molar-refractivity contribution in [2.45, 2.75) is 20.3 Å². The van der Waals surface area contributed by atoms with Gasteiger partial charge in [-0.25, -0.2) is 4.79 Å². The number of hydrogen-bond acceptors (Lipinski definition) is 3. The normalized spacial score (nSPS) is 9.73. The monoisotopic (exact) mass is 208 g/mol. The number of aryl methyl sites for hydroxylation is 1. The van der Waals surface area contributed by atoms with E-state index < -0.39 is 0 Å². The van der Waals surface area contributed by atoms with Gasteiger partial charge < -0.3 is 9.47 Å². The summed E-state index contributed by atoms with van der Waals surface area (Å²) in [6.07, 6.45) is 0.998. The van der Waals surface area contributed by atoms with Crippen molar-refractivity contribution in [3.05, 3.63) is 29.8 Å². The van der Waals surface area contributed by atoms with E-state index in [1.807, 2.05) is 24.3 Å². The lowest BCUT2D eigenvalue weighted by Crippen LogP contribution is -2.14. The van der Waals surface area contributed by atoms with Crippen LogP contribution in [-0.2, 0) is 16.0 Å². The minimum absolute atomic E-state index is 0.0285. The lowest BCUT2D eigenvalue weighted by molar-refractivity contribution is -0.145. The molecule has 0 unspecified atom stereocenters. The summed E-state index contributed by atoms with van der Waals surface area (Å²) in [5.74, 6) is 0.359. The van der Waals surface area contributed by atoms with Crippen molar-refractivity contribution in [1.82, 2.24) is 0 Å². The maximum Gasteiger partial charge on any atom is 0.344 e. The summed E-state index contributed by atoms with van der Waals surface area (Å²) in [5.41, 5.74) is 1.25. The molecular formula is C12H16O3. The van der Waals surface area contributed by atoms with Gasteiger partial charge in [-0.05, 0) is 31.0 Å². The van der Waals surface area contributed by atoms with Crippen LogP contribution >= 0.6 is 0 Å². The highest BCUT2D eigenvalue weighted by Crippen LogP contribution is 2.12. The second kappa shape index (κ2) is 6.06. The van der Waals surface area contributed by atoms with E-state index in [4.69, 9.17) is 9.47 Å². The standard InChI is InChI=1S/C12H16O3/c1-3-10-5-7-11(8-6-10)15-9-12(13)14-4-2/h5-8H,3-4,9H2,1-2H3. The lowest BCUT2D eigenvalue weighted by Gasteiger charge is -2.05. The molecule has 0 amide bonds. The molecule has 0 saturated heterocycles. The first-order chi connectivity index (χ1) is 7.26. The maximum absolute atomic E-state index is 11.0. The van der Waals surface area contributed by atoms with Crippen LogP contribution in [0.25, 0.3) is 0 Å². The molecule has 3 heteroatoms. The molecule has 15 heavy (non-hydrogen) atoms. The van der Waals surface area contributed by atoms with Crippen LogP contribution < -0.4 is 4.74 Å². The van der Waals surface area contributed by atoms with Crippen molar-refractivity contribution in [1.29, 1.82) is 0 Å². The first kappa shape index (κ1) is 11.6. The first-order valence-electron chi connectivity index (χ1n) is 5.13. The maximum atomic E-state index is 11.0. The van der Waals surface area contributed by atoms with E-state index in [0.717, 1.165) is 6.42 Å². The fraction of sp³-hybridized carbons (Fsp3) is 0.417. The average Bonchev–Trinajstić information content (AvgIpc) is 2.27. The Balaban J connectivity index is 2.40. The molecule has 0 radical (unpaired) electrons. The van der Waals surface area contributed by atoms with Crippen LogP contribution in [0, 0.1) is 0 Å². The van der Waals surface area contributed by atoms with Crippen LogP contribution in [0.5, 0.6) is 5.75 Å². The third kappa shape index (κ3) is 4.02. The van der Waals surface area contributed by atoms with E-state index in [-0.39, 0.29) is 12.6 Å². The van der Waals surface area contributed by atoms with Crippen molar-refractivity contribution < 1.29 is 14.3 Å². The molecular weight excluding hydrogens is 192 g/mol. The molecule has 1 rings (SSSR count). The zero-order valence-corrected chi connectivity index (χ0v) is 9.16. The summed E-state index contributed by atoms with van der Waals surface area (Å²) < 4.78 is 9.99. The Hall–Kier alpha value is -1.51. The molecule has 0 aliphatic rings. The second-order valence-corrected chi connectivity index (χ2v) is 3.09. The molecule has 0 bridgehead atoms. The Bertz CT molecular complexity index is 303. The van der Waals surface area contributed by atoms with Crippen molar-refractivity contribution in [3.63, 3.8) is 0 Å². The van der Waals surface area contributed by atoms with Crippen LogP contribution in [0.1, 0.15) is 19.4 Å². The molecule has 0 spiro atoms. The quantitative estimate of drug-likeness (QED) is 0.696. The average molecular weight is 208 g/mol. The number of hydrogen-bond donors (Lipinski definition) is 0. The van der Waals surface area contributed by atoms with E-state index in [2.05, 4.69) is 6.92 Å². The fourth-order valence-corrected chi connectivity index (χ4v) is 1.17. The van der Waals surface area contributed by atoms with Crippen LogP contribution in [-0.4, -0.2) is 19.2 Å². The molecule has 0 saturated carbocycles. The Labute approximate surface area is 90.0 Å². The van der Waals surface area contributed by atoms with Gasteiger partial charge in [-0.1, -0.05) is 19.1 Å². The van der Waals surface area contributed by atoms with Crippen molar-refractivity contribution >= 4 is 5.97 Å². The van der Waals surface area contributed by atoms with Crippen molar-refractivity contribution in [3.8, 4) is 5.75 Å². The predicted octanol–water partition coefficient (Wildman–Crippen LogP) is 2.19. The largest absolute Gasteiger partial charge is 0.482 e. The Morgan fingerprint density at radius 1 is 1.20 bits per heavy atom. The molecule has 82 valence electrons. The molecule has 3 nitrogen and oxygen atoms in total. The summed E-state index contributed by atoms with van der Waals surface area (Å²) in [6, 6.07) is 7.69. The van der Waals surface area contributed by atoms with E-state index in [1.54, 1.807) is 6.92 Å². The molecule has 0 heterocycles. The van der Waals surface area contributed by atoms with Gasteiger partial charge in [0.15, 0.2) is 6.61 Å². The van der Waals surface area contributed by atoms with Gasteiger partial charge in [-0.3, -0.25) is 0 Å². The SMILES string of the molecule is CCOC(=O)COc1ccc(CC)cc1. The van der Waals surface area contributed by atoms with E-state index in [1.165, 1.54) is 5.56 Å². The van der Waals surface area contributed by atoms with Gasteiger partial charge in [0.05, 0.1) is 6.61 Å². The molecule has 0 aliphatic carbocycles. The Morgan fingerprint density at radius 3 is 2.40 bits per heavy atom. The zero-order valence-electron chi connectivity index (χ0n) is 9.16. The zero-order chi connectivity index (χ0) is 11.1. The number of ether oxygens (including phenoxy) is 2. The van der Waals surface area contributed by atoms with Crippen molar-refractivity contribution in [2.24, 2.45) is 0 Å². The van der Waals surface area contributed by atoms with E-state index in [0.29, 0.717) is 12.4 Å². The molecule has 0 atom stereocenters. The third-order valence-electron chi connectivity index (χ3n) is 1.99. The third-order valence-corrected chi connectivity index (χ3v) is 1.99. The van der Waals surface area contributed by atoms with Gasteiger partial charge in [-0.2, -0.15) is 0 Å². The number of benzene rings is 1. The summed E-state index contributed by atoms with van der Waals surface area (Å²) in [4.78, 5) is 11.0. The van der Waals surface area contributed by atoms with Crippen molar-refractivity contribution in [2.75, 3.05) is 13.2 Å². The summed E-state index contributed by atoms with van der Waals surface area (Å²) in [5, 5.41) is 0. The van der Waals surface area contributed by atoms with Gasteiger partial charge in [0.1, 0.15) is 5.75 Å². The predicted molar refractivity (Wildman–Crippen MR) is 57.9 cm³/mol. The minimum Gasteiger partial charge on any atom is -0.482 e. The first-order valence-corrected chi connectivity index (χ1v) is 5.13. The fourth-order valence-electron chi connectivity index (χ4n) is 1.17. The van der Waals surface area contributed by atoms with E-state index in [9.17, 15) is 4.79 Å². The lowest BCUT2D eigenvalue weighted by atomic mass is 10.2. The van der Waals surface area contributed by atoms with Gasteiger partial charge in [0, 0.05) is 0 Å². The molecule has 0 aromatic heterocycles. The van der Waals surface area contributed by atoms with Gasteiger partial charge >= 0.3 is 5.97 Å². The van der Waals surface area contributed by atoms with E-state index >= 15 is 0 Å². The summed E-state index contributed by atoms with van der Waals surface area (Å²) in [6.45, 7) is 4.22. The summed E-state index contributed by atoms with van der Waals surface area (Å²) >= 11 is 0. The number of rotatable bonds is 5. The highest BCUT2D eigenvalue weighted by molar-refractivity contribution is 5.71. The van der Waals surface area contributed by atoms with Crippen LogP contribution in [0.4, 0.5) is 0 Å². The minimum atomic E-state index is -0.336. The summed E-state index contributed by atoms with van der Waals surface area (Å²) in [7, 11) is 0. The molecule has 0 N–H and O–H groups in total. The van der Waals surface area contributed by atoms with Gasteiger partial charge in [0.2, 0.25) is 0 Å². The van der Waals surface area contributed by atoms with Crippen LogP contribution in [0.15, 0.2) is 24.3 Å². The highest BCUT2D eigenvalue weighted by atomic mass is 16.6. The smallest absolute Gasteiger partial charge is 0.344 e.